The predicted octanol–water partition coefficient (Wildman–Crippen LogP) is 4.26. The minimum absolute atomic E-state index is 0.0258. The Morgan fingerprint density at radius 2 is 2.27 bits per heavy atom. The van der Waals surface area contributed by atoms with Crippen molar-refractivity contribution in [3.05, 3.63) is 40.5 Å². The van der Waals surface area contributed by atoms with Crippen LogP contribution >= 0.6 is 23.4 Å². The average molecular weight is 336 g/mol. The topological polar surface area (TPSA) is 46.9 Å². The van der Waals surface area contributed by atoms with Crippen LogP contribution in [0, 0.1) is 5.92 Å². The fourth-order valence-electron chi connectivity index (χ4n) is 2.49. The molecule has 1 aromatic carbocycles. The number of hydrogen-bond donors (Lipinski definition) is 1. The Morgan fingerprint density at radius 1 is 1.45 bits per heavy atom. The van der Waals surface area contributed by atoms with E-state index < -0.39 is 0 Å². The SMILES string of the molecule is CC(C)CC(=O)Nc1c2c(nn1-c1cccc(Cl)c1)CSC2. The van der Waals surface area contributed by atoms with Gasteiger partial charge in [-0.15, -0.1) is 0 Å². The highest BCUT2D eigenvalue weighted by Gasteiger charge is 2.24. The normalized spacial score (nSPS) is 13.5. The van der Waals surface area contributed by atoms with E-state index in [1.807, 2.05) is 49.9 Å². The molecule has 0 saturated heterocycles. The number of carbonyl (C=O) groups is 1. The lowest BCUT2D eigenvalue weighted by atomic mass is 10.1. The number of thioether (sulfide) groups is 1. The van der Waals surface area contributed by atoms with Crippen LogP contribution in [0.15, 0.2) is 24.3 Å². The predicted molar refractivity (Wildman–Crippen MR) is 91.7 cm³/mol. The summed E-state index contributed by atoms with van der Waals surface area (Å²) in [5, 5.41) is 8.36. The second kappa shape index (κ2) is 6.34. The smallest absolute Gasteiger partial charge is 0.225 e. The zero-order valence-electron chi connectivity index (χ0n) is 12.6. The maximum Gasteiger partial charge on any atom is 0.225 e. The van der Waals surface area contributed by atoms with Crippen LogP contribution in [0.25, 0.3) is 5.69 Å². The van der Waals surface area contributed by atoms with Crippen LogP contribution in [-0.4, -0.2) is 15.7 Å². The van der Waals surface area contributed by atoms with E-state index in [2.05, 4.69) is 10.4 Å². The number of halogens is 1. The fraction of sp³-hybridized carbons (Fsp3) is 0.375. The van der Waals surface area contributed by atoms with Crippen molar-refractivity contribution in [1.29, 1.82) is 0 Å². The molecule has 116 valence electrons. The van der Waals surface area contributed by atoms with Gasteiger partial charge in [0.2, 0.25) is 5.91 Å². The number of carbonyl (C=O) groups excluding carboxylic acids is 1. The van der Waals surface area contributed by atoms with Gasteiger partial charge in [0.25, 0.3) is 0 Å². The summed E-state index contributed by atoms with van der Waals surface area (Å²) in [4.78, 5) is 12.2. The van der Waals surface area contributed by atoms with E-state index in [1.54, 1.807) is 4.68 Å². The molecule has 1 aromatic heterocycles. The van der Waals surface area contributed by atoms with Crippen LogP contribution < -0.4 is 5.32 Å². The van der Waals surface area contributed by atoms with Gasteiger partial charge in [-0.1, -0.05) is 31.5 Å². The first-order valence-electron chi connectivity index (χ1n) is 7.29. The van der Waals surface area contributed by atoms with Crippen molar-refractivity contribution in [2.75, 3.05) is 5.32 Å². The van der Waals surface area contributed by atoms with Gasteiger partial charge >= 0.3 is 0 Å². The Bertz CT molecular complexity index is 711. The van der Waals surface area contributed by atoms with Gasteiger partial charge in [0.1, 0.15) is 5.82 Å². The molecule has 0 spiro atoms. The lowest BCUT2D eigenvalue weighted by Gasteiger charge is -2.12. The van der Waals surface area contributed by atoms with E-state index in [1.165, 1.54) is 0 Å². The monoisotopic (exact) mass is 335 g/mol. The number of benzene rings is 1. The van der Waals surface area contributed by atoms with Gasteiger partial charge in [0.05, 0.1) is 11.4 Å². The van der Waals surface area contributed by atoms with E-state index in [4.69, 9.17) is 11.6 Å². The summed E-state index contributed by atoms with van der Waals surface area (Å²) in [6.07, 6.45) is 0.503. The summed E-state index contributed by atoms with van der Waals surface area (Å²) < 4.78 is 1.80. The van der Waals surface area contributed by atoms with Crippen molar-refractivity contribution < 1.29 is 4.79 Å². The molecule has 6 heteroatoms. The average Bonchev–Trinajstić information content (AvgIpc) is 3.00. The number of nitrogens with one attached hydrogen (secondary N) is 1. The highest BCUT2D eigenvalue weighted by atomic mass is 35.5. The van der Waals surface area contributed by atoms with E-state index in [0.717, 1.165) is 34.3 Å². The third kappa shape index (κ3) is 3.15. The minimum Gasteiger partial charge on any atom is -0.310 e. The summed E-state index contributed by atoms with van der Waals surface area (Å²) in [7, 11) is 0. The van der Waals surface area contributed by atoms with Crippen LogP contribution in [-0.2, 0) is 16.3 Å². The molecule has 1 amide bonds. The van der Waals surface area contributed by atoms with Crippen molar-refractivity contribution in [3.8, 4) is 5.69 Å². The molecule has 0 saturated carbocycles. The molecule has 2 aromatic rings. The molecule has 0 aliphatic carbocycles. The first-order valence-corrected chi connectivity index (χ1v) is 8.82. The zero-order chi connectivity index (χ0) is 15.7. The Balaban J connectivity index is 1.98. The molecule has 1 N–H and O–H groups in total. The first-order chi connectivity index (χ1) is 10.5. The number of rotatable bonds is 4. The van der Waals surface area contributed by atoms with E-state index in [-0.39, 0.29) is 5.91 Å². The molecule has 0 unspecified atom stereocenters. The number of hydrogen-bond acceptors (Lipinski definition) is 3. The molecular weight excluding hydrogens is 318 g/mol. The maximum absolute atomic E-state index is 12.2. The number of aromatic nitrogens is 2. The van der Waals surface area contributed by atoms with E-state index in [9.17, 15) is 4.79 Å². The van der Waals surface area contributed by atoms with Crippen molar-refractivity contribution >= 4 is 35.1 Å². The minimum atomic E-state index is 0.0258. The van der Waals surface area contributed by atoms with E-state index >= 15 is 0 Å². The first kappa shape index (κ1) is 15.4. The van der Waals surface area contributed by atoms with Crippen molar-refractivity contribution in [3.63, 3.8) is 0 Å². The fourth-order valence-corrected chi connectivity index (χ4v) is 3.71. The number of amides is 1. The molecular formula is C16H18ClN3OS. The second-order valence-electron chi connectivity index (χ2n) is 5.80. The van der Waals surface area contributed by atoms with Gasteiger partial charge in [-0.25, -0.2) is 4.68 Å². The summed E-state index contributed by atoms with van der Waals surface area (Å²) >= 11 is 7.90. The van der Waals surface area contributed by atoms with E-state index in [0.29, 0.717) is 17.4 Å². The quantitative estimate of drug-likeness (QED) is 0.908. The third-order valence-corrected chi connectivity index (χ3v) is 4.66. The summed E-state index contributed by atoms with van der Waals surface area (Å²) in [6, 6.07) is 7.52. The molecule has 0 atom stereocenters. The van der Waals surface area contributed by atoms with Crippen LogP contribution in [0.5, 0.6) is 0 Å². The van der Waals surface area contributed by atoms with Gasteiger partial charge in [-0.05, 0) is 24.1 Å². The second-order valence-corrected chi connectivity index (χ2v) is 7.23. The lowest BCUT2D eigenvalue weighted by Crippen LogP contribution is -2.17. The largest absolute Gasteiger partial charge is 0.310 e. The summed E-state index contributed by atoms with van der Waals surface area (Å²) in [5.41, 5.74) is 3.04. The van der Waals surface area contributed by atoms with Crippen LogP contribution in [0.1, 0.15) is 31.5 Å². The number of nitrogens with zero attached hydrogens (tertiary/aromatic N) is 2. The van der Waals surface area contributed by atoms with Crippen LogP contribution in [0.2, 0.25) is 5.02 Å². The molecule has 4 nitrogen and oxygen atoms in total. The number of fused-ring (bicyclic) bond motifs is 1. The molecule has 1 aliphatic heterocycles. The summed E-state index contributed by atoms with van der Waals surface area (Å²) in [6.45, 7) is 4.07. The number of anilines is 1. The Labute approximate surface area is 139 Å². The molecule has 3 rings (SSSR count). The highest BCUT2D eigenvalue weighted by Crippen LogP contribution is 2.36. The van der Waals surface area contributed by atoms with Gasteiger partial charge in [0, 0.05) is 28.5 Å². The molecule has 2 heterocycles. The van der Waals surface area contributed by atoms with Gasteiger partial charge < -0.3 is 5.32 Å². The summed E-state index contributed by atoms with van der Waals surface area (Å²) in [5.74, 6) is 2.90. The van der Waals surface area contributed by atoms with Gasteiger partial charge in [-0.3, -0.25) is 4.79 Å². The van der Waals surface area contributed by atoms with Gasteiger partial charge in [0.15, 0.2) is 0 Å². The standard InChI is InChI=1S/C16H18ClN3OS/c1-10(2)6-15(21)18-16-13-8-22-9-14(13)19-20(16)12-5-3-4-11(17)7-12/h3-5,7,10H,6,8-9H2,1-2H3,(H,18,21). The van der Waals surface area contributed by atoms with Crippen molar-refractivity contribution in [2.45, 2.75) is 31.8 Å². The third-order valence-electron chi connectivity index (χ3n) is 3.46. The highest BCUT2D eigenvalue weighted by molar-refractivity contribution is 7.98. The Kier molecular flexibility index (Phi) is 4.45. The molecule has 22 heavy (non-hydrogen) atoms. The maximum atomic E-state index is 12.2. The lowest BCUT2D eigenvalue weighted by molar-refractivity contribution is -0.116. The van der Waals surface area contributed by atoms with Crippen LogP contribution in [0.3, 0.4) is 0 Å². The van der Waals surface area contributed by atoms with Crippen molar-refractivity contribution in [2.24, 2.45) is 5.92 Å². The molecule has 1 aliphatic rings. The Morgan fingerprint density at radius 3 is 3.00 bits per heavy atom. The van der Waals surface area contributed by atoms with Gasteiger partial charge in [-0.2, -0.15) is 16.9 Å². The van der Waals surface area contributed by atoms with Crippen LogP contribution in [0.4, 0.5) is 5.82 Å². The molecule has 0 bridgehead atoms. The molecule has 0 radical (unpaired) electrons. The molecule has 0 fully saturated rings. The zero-order valence-corrected chi connectivity index (χ0v) is 14.2. The van der Waals surface area contributed by atoms with Crippen molar-refractivity contribution in [1.82, 2.24) is 9.78 Å². The Hall–Kier alpha value is -1.46.